The van der Waals surface area contributed by atoms with E-state index in [1.165, 1.54) is 17.3 Å². The number of aryl methyl sites for hydroxylation is 1. The van der Waals surface area contributed by atoms with Gasteiger partial charge in [-0.05, 0) is 30.7 Å². The molecule has 0 aliphatic carbocycles. The van der Waals surface area contributed by atoms with Crippen LogP contribution in [-0.2, 0) is 22.6 Å². The molecule has 152 valence electrons. The third kappa shape index (κ3) is 5.68. The van der Waals surface area contributed by atoms with Gasteiger partial charge in [0.05, 0.1) is 29.8 Å². The van der Waals surface area contributed by atoms with E-state index in [2.05, 4.69) is 26.2 Å². The normalized spacial score (nSPS) is 11.0. The van der Waals surface area contributed by atoms with Crippen molar-refractivity contribution in [2.75, 3.05) is 19.5 Å². The van der Waals surface area contributed by atoms with Crippen LogP contribution in [0.15, 0.2) is 56.9 Å². The van der Waals surface area contributed by atoms with Crippen LogP contribution in [0.5, 0.6) is 0 Å². The molecule has 29 heavy (non-hydrogen) atoms. The topological polar surface area (TPSA) is 73.2 Å². The molecular formula is C21H22BrN3O3S. The number of hydrogen-bond acceptors (Lipinski definition) is 5. The molecule has 6 nitrogen and oxygen atoms in total. The van der Waals surface area contributed by atoms with Crippen LogP contribution in [0.2, 0.25) is 0 Å². The van der Waals surface area contributed by atoms with Crippen molar-refractivity contribution < 1.29 is 9.53 Å². The van der Waals surface area contributed by atoms with Crippen LogP contribution in [0.25, 0.3) is 10.9 Å². The molecule has 1 N–H and O–H groups in total. The molecule has 0 unspecified atom stereocenters. The number of fused-ring (bicyclic) bond motifs is 1. The molecule has 3 aromatic rings. The molecule has 1 aromatic heterocycles. The number of benzene rings is 2. The Kier molecular flexibility index (Phi) is 7.46. The van der Waals surface area contributed by atoms with Crippen LogP contribution in [0, 0.1) is 6.92 Å². The Bertz CT molecular complexity index is 1070. The maximum Gasteiger partial charge on any atom is 0.262 e. The van der Waals surface area contributed by atoms with Gasteiger partial charge >= 0.3 is 0 Å². The number of nitrogens with zero attached hydrogens (tertiary/aromatic N) is 2. The van der Waals surface area contributed by atoms with Crippen molar-refractivity contribution in [1.82, 2.24) is 14.9 Å². The Balaban J connectivity index is 1.73. The van der Waals surface area contributed by atoms with E-state index in [1.807, 2.05) is 37.3 Å². The van der Waals surface area contributed by atoms with Gasteiger partial charge in [0, 0.05) is 18.1 Å². The highest BCUT2D eigenvalue weighted by molar-refractivity contribution is 9.10. The Morgan fingerprint density at radius 3 is 2.72 bits per heavy atom. The minimum Gasteiger partial charge on any atom is -0.383 e. The highest BCUT2D eigenvalue weighted by Gasteiger charge is 2.13. The van der Waals surface area contributed by atoms with Crippen molar-refractivity contribution >= 4 is 44.5 Å². The Morgan fingerprint density at radius 2 is 2.00 bits per heavy atom. The van der Waals surface area contributed by atoms with E-state index in [1.54, 1.807) is 23.8 Å². The molecular weight excluding hydrogens is 454 g/mol. The summed E-state index contributed by atoms with van der Waals surface area (Å²) in [5.41, 5.74) is 2.68. The number of carbonyl (C=O) groups excluding carboxylic acids is 1. The molecule has 0 saturated heterocycles. The summed E-state index contributed by atoms with van der Waals surface area (Å²) in [6, 6.07) is 13.4. The Labute approximate surface area is 181 Å². The summed E-state index contributed by atoms with van der Waals surface area (Å²) in [4.78, 5) is 29.8. The molecule has 0 spiro atoms. The average Bonchev–Trinajstić information content (AvgIpc) is 2.72. The van der Waals surface area contributed by atoms with Crippen LogP contribution < -0.4 is 10.9 Å². The fourth-order valence-electron chi connectivity index (χ4n) is 2.75. The van der Waals surface area contributed by atoms with Crippen molar-refractivity contribution in [1.29, 1.82) is 0 Å². The monoisotopic (exact) mass is 475 g/mol. The molecule has 0 radical (unpaired) electrons. The van der Waals surface area contributed by atoms with E-state index in [4.69, 9.17) is 4.74 Å². The average molecular weight is 476 g/mol. The number of hydrogen-bond donors (Lipinski definition) is 1. The zero-order valence-electron chi connectivity index (χ0n) is 16.3. The van der Waals surface area contributed by atoms with E-state index < -0.39 is 0 Å². The van der Waals surface area contributed by atoms with E-state index in [9.17, 15) is 9.59 Å². The van der Waals surface area contributed by atoms with Gasteiger partial charge in [-0.2, -0.15) is 0 Å². The number of amides is 1. The standard InChI is InChI=1S/C21H22BrN3O3S/c1-14-3-5-15(6-4-14)12-23-19(26)13-29-21-24-18-8-7-16(22)11-17(18)20(27)25(21)9-10-28-2/h3-8,11H,9-10,12-13H2,1-2H3,(H,23,26). The third-order valence-corrected chi connectivity index (χ3v) is 5.81. The number of carbonyl (C=O) groups is 1. The number of rotatable bonds is 8. The molecule has 1 amide bonds. The smallest absolute Gasteiger partial charge is 0.262 e. The molecule has 0 saturated carbocycles. The second kappa shape index (κ2) is 10.0. The first-order chi connectivity index (χ1) is 14.0. The van der Waals surface area contributed by atoms with Crippen molar-refractivity contribution in [3.8, 4) is 0 Å². The van der Waals surface area contributed by atoms with Gasteiger partial charge in [-0.3, -0.25) is 14.2 Å². The highest BCUT2D eigenvalue weighted by atomic mass is 79.9. The largest absolute Gasteiger partial charge is 0.383 e. The van der Waals surface area contributed by atoms with E-state index in [0.29, 0.717) is 35.8 Å². The van der Waals surface area contributed by atoms with Gasteiger partial charge in [-0.15, -0.1) is 0 Å². The predicted molar refractivity (Wildman–Crippen MR) is 119 cm³/mol. The van der Waals surface area contributed by atoms with Gasteiger partial charge in [-0.25, -0.2) is 4.98 Å². The molecule has 0 fully saturated rings. The molecule has 8 heteroatoms. The number of nitrogens with one attached hydrogen (secondary N) is 1. The first kappa shape index (κ1) is 21.5. The Hall–Kier alpha value is -2.16. The van der Waals surface area contributed by atoms with Gasteiger partial charge in [0.25, 0.3) is 5.56 Å². The lowest BCUT2D eigenvalue weighted by Gasteiger charge is -2.13. The number of halogens is 1. The lowest BCUT2D eigenvalue weighted by Crippen LogP contribution is -2.27. The summed E-state index contributed by atoms with van der Waals surface area (Å²) in [5, 5.41) is 3.94. The fraction of sp³-hybridized carbons (Fsp3) is 0.286. The van der Waals surface area contributed by atoms with Gasteiger partial charge in [-0.1, -0.05) is 57.5 Å². The Morgan fingerprint density at radius 1 is 1.24 bits per heavy atom. The van der Waals surface area contributed by atoms with Crippen LogP contribution in [0.3, 0.4) is 0 Å². The molecule has 2 aromatic carbocycles. The second-order valence-corrected chi connectivity index (χ2v) is 8.41. The molecule has 0 bridgehead atoms. The summed E-state index contributed by atoms with van der Waals surface area (Å²) in [7, 11) is 1.58. The second-order valence-electron chi connectivity index (χ2n) is 6.56. The van der Waals surface area contributed by atoms with E-state index in [0.717, 1.165) is 10.0 Å². The van der Waals surface area contributed by atoms with Crippen molar-refractivity contribution in [3.05, 3.63) is 68.4 Å². The van der Waals surface area contributed by atoms with Gasteiger partial charge < -0.3 is 10.1 Å². The van der Waals surface area contributed by atoms with Crippen LogP contribution in [0.4, 0.5) is 0 Å². The molecule has 3 rings (SSSR count). The first-order valence-corrected chi connectivity index (χ1v) is 10.9. The van der Waals surface area contributed by atoms with Crippen molar-refractivity contribution in [2.24, 2.45) is 0 Å². The fourth-order valence-corrected chi connectivity index (χ4v) is 3.97. The molecule has 0 aliphatic rings. The number of ether oxygens (including phenoxy) is 1. The number of aromatic nitrogens is 2. The van der Waals surface area contributed by atoms with Crippen LogP contribution >= 0.6 is 27.7 Å². The molecule has 0 atom stereocenters. The van der Waals surface area contributed by atoms with Crippen LogP contribution in [0.1, 0.15) is 11.1 Å². The van der Waals surface area contributed by atoms with E-state index >= 15 is 0 Å². The summed E-state index contributed by atoms with van der Waals surface area (Å²) < 4.78 is 7.51. The lowest BCUT2D eigenvalue weighted by molar-refractivity contribution is -0.118. The summed E-state index contributed by atoms with van der Waals surface area (Å²) >= 11 is 4.64. The highest BCUT2D eigenvalue weighted by Crippen LogP contribution is 2.20. The van der Waals surface area contributed by atoms with E-state index in [-0.39, 0.29) is 17.2 Å². The minimum absolute atomic E-state index is 0.112. The maximum absolute atomic E-state index is 12.9. The zero-order chi connectivity index (χ0) is 20.8. The summed E-state index contributed by atoms with van der Waals surface area (Å²) in [5.74, 6) is 0.0619. The maximum atomic E-state index is 12.9. The summed E-state index contributed by atoms with van der Waals surface area (Å²) in [6.45, 7) is 3.25. The predicted octanol–water partition coefficient (Wildman–Crippen LogP) is 3.52. The number of thioether (sulfide) groups is 1. The summed E-state index contributed by atoms with van der Waals surface area (Å²) in [6.07, 6.45) is 0. The van der Waals surface area contributed by atoms with Gasteiger partial charge in [0.1, 0.15) is 0 Å². The van der Waals surface area contributed by atoms with Crippen LogP contribution in [-0.4, -0.2) is 34.9 Å². The SMILES string of the molecule is COCCn1c(SCC(=O)NCc2ccc(C)cc2)nc2ccc(Br)cc2c1=O. The lowest BCUT2D eigenvalue weighted by atomic mass is 10.1. The van der Waals surface area contributed by atoms with Gasteiger partial charge in [0.2, 0.25) is 5.91 Å². The zero-order valence-corrected chi connectivity index (χ0v) is 18.7. The van der Waals surface area contributed by atoms with Gasteiger partial charge in [0.15, 0.2) is 5.16 Å². The number of methoxy groups -OCH3 is 1. The molecule has 0 aliphatic heterocycles. The quantitative estimate of drug-likeness (QED) is 0.398. The first-order valence-electron chi connectivity index (χ1n) is 9.12. The van der Waals surface area contributed by atoms with Crippen molar-refractivity contribution in [2.45, 2.75) is 25.2 Å². The van der Waals surface area contributed by atoms with Crippen molar-refractivity contribution in [3.63, 3.8) is 0 Å². The molecule has 1 heterocycles. The minimum atomic E-state index is -0.143. The third-order valence-electron chi connectivity index (χ3n) is 4.34.